The highest BCUT2D eigenvalue weighted by atomic mass is 16.5. The molecule has 2 aromatic heterocycles. The van der Waals surface area contributed by atoms with E-state index in [0.717, 1.165) is 56.0 Å². The topological polar surface area (TPSA) is 110 Å². The molecular weight excluding hydrogens is 412 g/mol. The first-order chi connectivity index (χ1) is 15.6. The number of likely N-dealkylation sites (tertiary alicyclic amines) is 1. The molecule has 0 aromatic carbocycles. The molecule has 32 heavy (non-hydrogen) atoms. The molecule has 2 amide bonds. The van der Waals surface area contributed by atoms with Gasteiger partial charge in [0.25, 0.3) is 0 Å². The number of pyridine rings is 1. The summed E-state index contributed by atoms with van der Waals surface area (Å²) in [7, 11) is 0. The first kappa shape index (κ1) is 20.6. The lowest BCUT2D eigenvalue weighted by molar-refractivity contribution is -0.136. The smallest absolute Gasteiger partial charge is 0.336 e. The van der Waals surface area contributed by atoms with Crippen molar-refractivity contribution < 1.29 is 14.3 Å². The van der Waals surface area contributed by atoms with Crippen LogP contribution in [0.5, 0.6) is 0 Å². The molecule has 0 N–H and O–H groups in total. The molecule has 2 saturated heterocycles. The molecule has 5 heterocycles. The zero-order valence-corrected chi connectivity index (χ0v) is 18.1. The van der Waals surface area contributed by atoms with E-state index < -0.39 is 0 Å². The molecule has 11 nitrogen and oxygen atoms in total. The molecule has 0 unspecified atom stereocenters. The van der Waals surface area contributed by atoms with Crippen LogP contribution in [0.2, 0.25) is 0 Å². The van der Waals surface area contributed by atoms with Crippen molar-refractivity contribution in [1.82, 2.24) is 39.9 Å². The van der Waals surface area contributed by atoms with Crippen LogP contribution in [0.4, 0.5) is 4.79 Å². The summed E-state index contributed by atoms with van der Waals surface area (Å²) < 4.78 is 6.66. The minimum Gasteiger partial charge on any atom is -0.456 e. The SMILES string of the molecule is CC1=C(N2CCN(C3CCN(CCc4ccc(-n5cnnn5)cn4)CC3)C2=O)COC1=O. The van der Waals surface area contributed by atoms with Gasteiger partial charge in [0.15, 0.2) is 0 Å². The lowest BCUT2D eigenvalue weighted by Crippen LogP contribution is -2.46. The lowest BCUT2D eigenvalue weighted by atomic mass is 10.0. The average molecular weight is 438 g/mol. The van der Waals surface area contributed by atoms with Gasteiger partial charge < -0.3 is 14.5 Å². The molecule has 0 spiro atoms. The Bertz CT molecular complexity index is 1010. The van der Waals surface area contributed by atoms with E-state index in [-0.39, 0.29) is 24.6 Å². The van der Waals surface area contributed by atoms with Crippen LogP contribution in [0.15, 0.2) is 35.9 Å². The van der Waals surface area contributed by atoms with Gasteiger partial charge in [-0.3, -0.25) is 9.88 Å². The standard InChI is InChI=1S/C21H26N8O3/c1-15-19(13-32-20(15)30)28-11-10-27(21(28)31)17-5-8-26(9-6-17)7-4-16-2-3-18(12-22-16)29-14-23-24-25-29/h2-3,12,14,17H,4-11,13H2,1H3. The first-order valence-corrected chi connectivity index (χ1v) is 11.0. The molecule has 0 saturated carbocycles. The zero-order valence-electron chi connectivity index (χ0n) is 18.1. The second kappa shape index (κ2) is 8.65. The molecule has 2 aromatic rings. The largest absolute Gasteiger partial charge is 0.456 e. The van der Waals surface area contributed by atoms with Gasteiger partial charge in [-0.15, -0.1) is 5.10 Å². The quantitative estimate of drug-likeness (QED) is 0.604. The summed E-state index contributed by atoms with van der Waals surface area (Å²) in [4.78, 5) is 35.3. The number of ether oxygens (including phenoxy) is 1. The zero-order chi connectivity index (χ0) is 22.1. The Balaban J connectivity index is 1.10. The van der Waals surface area contributed by atoms with Crippen molar-refractivity contribution in [3.05, 3.63) is 41.6 Å². The number of carbonyl (C=O) groups excluding carboxylic acids is 2. The van der Waals surface area contributed by atoms with Gasteiger partial charge in [-0.05, 0) is 42.3 Å². The number of esters is 1. The molecule has 168 valence electrons. The fourth-order valence-corrected chi connectivity index (χ4v) is 4.60. The summed E-state index contributed by atoms with van der Waals surface area (Å²) in [5.41, 5.74) is 3.14. The normalized spacial score (nSPS) is 20.5. The third-order valence-electron chi connectivity index (χ3n) is 6.55. The third kappa shape index (κ3) is 3.95. The highest BCUT2D eigenvalue weighted by Gasteiger charge is 2.39. The molecule has 3 aliphatic rings. The monoisotopic (exact) mass is 438 g/mol. The Kier molecular flexibility index (Phi) is 5.56. The summed E-state index contributed by atoms with van der Waals surface area (Å²) >= 11 is 0. The number of hydrogen-bond acceptors (Lipinski definition) is 8. The van der Waals surface area contributed by atoms with Crippen LogP contribution in [0.3, 0.4) is 0 Å². The fraction of sp³-hybridized carbons (Fsp3) is 0.524. The maximum Gasteiger partial charge on any atom is 0.336 e. The number of hydrogen-bond donors (Lipinski definition) is 0. The predicted octanol–water partition coefficient (Wildman–Crippen LogP) is 0.633. The fourth-order valence-electron chi connectivity index (χ4n) is 4.60. The van der Waals surface area contributed by atoms with Gasteiger partial charge >= 0.3 is 12.0 Å². The van der Waals surface area contributed by atoms with Gasteiger partial charge in [0, 0.05) is 50.9 Å². The lowest BCUT2D eigenvalue weighted by Gasteiger charge is -2.36. The first-order valence-electron chi connectivity index (χ1n) is 11.0. The highest BCUT2D eigenvalue weighted by molar-refractivity contribution is 5.92. The predicted molar refractivity (Wildman–Crippen MR) is 113 cm³/mol. The van der Waals surface area contributed by atoms with E-state index in [2.05, 4.69) is 25.4 Å². The summed E-state index contributed by atoms with van der Waals surface area (Å²) in [6, 6.07) is 4.23. The number of urea groups is 1. The van der Waals surface area contributed by atoms with Crippen LogP contribution < -0.4 is 0 Å². The molecule has 0 bridgehead atoms. The number of piperidine rings is 1. The molecule has 3 aliphatic heterocycles. The Morgan fingerprint density at radius 2 is 1.97 bits per heavy atom. The summed E-state index contributed by atoms with van der Waals surface area (Å²) in [5.74, 6) is -0.320. The second-order valence-electron chi connectivity index (χ2n) is 8.36. The van der Waals surface area contributed by atoms with Crippen LogP contribution in [0, 0.1) is 0 Å². The Labute approximate surface area is 185 Å². The van der Waals surface area contributed by atoms with E-state index in [9.17, 15) is 9.59 Å². The van der Waals surface area contributed by atoms with Crippen molar-refractivity contribution in [2.45, 2.75) is 32.2 Å². The number of tetrazole rings is 1. The van der Waals surface area contributed by atoms with Crippen molar-refractivity contribution in [2.24, 2.45) is 0 Å². The van der Waals surface area contributed by atoms with Crippen LogP contribution in [-0.2, 0) is 16.0 Å². The molecule has 11 heteroatoms. The minimum atomic E-state index is -0.320. The number of amides is 2. The van der Waals surface area contributed by atoms with Crippen molar-refractivity contribution in [1.29, 1.82) is 0 Å². The number of nitrogens with zero attached hydrogens (tertiary/aromatic N) is 8. The number of cyclic esters (lactones) is 1. The van der Waals surface area contributed by atoms with E-state index in [1.807, 2.05) is 17.0 Å². The van der Waals surface area contributed by atoms with Crippen molar-refractivity contribution in [2.75, 3.05) is 39.3 Å². The molecule has 2 fully saturated rings. The van der Waals surface area contributed by atoms with E-state index in [1.165, 1.54) is 0 Å². The summed E-state index contributed by atoms with van der Waals surface area (Å²) in [6.45, 7) is 6.11. The Morgan fingerprint density at radius 3 is 2.62 bits per heavy atom. The number of aromatic nitrogens is 5. The molecule has 5 rings (SSSR count). The number of carbonyl (C=O) groups is 2. The molecule has 0 atom stereocenters. The summed E-state index contributed by atoms with van der Waals surface area (Å²) in [6.07, 6.45) is 6.11. The third-order valence-corrected chi connectivity index (χ3v) is 6.55. The number of rotatable bonds is 6. The maximum absolute atomic E-state index is 13.0. The van der Waals surface area contributed by atoms with Crippen molar-refractivity contribution in [3.63, 3.8) is 0 Å². The minimum absolute atomic E-state index is 0.00275. The van der Waals surface area contributed by atoms with Crippen molar-refractivity contribution in [3.8, 4) is 5.69 Å². The van der Waals surface area contributed by atoms with Gasteiger partial charge in [0.2, 0.25) is 0 Å². The molecule has 0 radical (unpaired) electrons. The summed E-state index contributed by atoms with van der Waals surface area (Å²) in [5, 5.41) is 11.1. The van der Waals surface area contributed by atoms with E-state index in [0.29, 0.717) is 18.7 Å². The Hall–Kier alpha value is -3.34. The van der Waals surface area contributed by atoms with Crippen LogP contribution in [-0.4, -0.2) is 97.3 Å². The van der Waals surface area contributed by atoms with Gasteiger partial charge in [-0.2, -0.15) is 4.68 Å². The van der Waals surface area contributed by atoms with Crippen LogP contribution in [0.25, 0.3) is 5.69 Å². The maximum atomic E-state index is 13.0. The van der Waals surface area contributed by atoms with E-state index >= 15 is 0 Å². The molecule has 0 aliphatic carbocycles. The van der Waals surface area contributed by atoms with Gasteiger partial charge in [-0.1, -0.05) is 0 Å². The average Bonchev–Trinajstić information content (AvgIpc) is 3.55. The Morgan fingerprint density at radius 1 is 1.12 bits per heavy atom. The second-order valence-corrected chi connectivity index (χ2v) is 8.36. The van der Waals surface area contributed by atoms with Crippen molar-refractivity contribution >= 4 is 12.0 Å². The highest BCUT2D eigenvalue weighted by Crippen LogP contribution is 2.27. The van der Waals surface area contributed by atoms with Crippen LogP contribution >= 0.6 is 0 Å². The van der Waals surface area contributed by atoms with E-state index in [4.69, 9.17) is 4.74 Å². The van der Waals surface area contributed by atoms with Crippen LogP contribution in [0.1, 0.15) is 25.5 Å². The van der Waals surface area contributed by atoms with Gasteiger partial charge in [0.05, 0.1) is 23.2 Å². The van der Waals surface area contributed by atoms with Gasteiger partial charge in [-0.25, -0.2) is 9.59 Å². The van der Waals surface area contributed by atoms with E-state index in [1.54, 1.807) is 29.0 Å². The molecular formula is C21H26N8O3. The van der Waals surface area contributed by atoms with Gasteiger partial charge in [0.1, 0.15) is 12.9 Å².